The SMILES string of the molecule is CCCNCCCc1nnc(Cc2ccc(Br)cc2)s1. The highest BCUT2D eigenvalue weighted by Gasteiger charge is 2.05. The van der Waals surface area contributed by atoms with Crippen molar-refractivity contribution in [2.75, 3.05) is 13.1 Å². The molecule has 0 saturated carbocycles. The Labute approximate surface area is 133 Å². The quantitative estimate of drug-likeness (QED) is 0.733. The Hall–Kier alpha value is -0.780. The molecule has 1 aromatic heterocycles. The lowest BCUT2D eigenvalue weighted by Gasteiger charge is -2.00. The van der Waals surface area contributed by atoms with E-state index in [9.17, 15) is 0 Å². The Balaban J connectivity index is 1.78. The summed E-state index contributed by atoms with van der Waals surface area (Å²) in [5.41, 5.74) is 1.28. The molecule has 2 rings (SSSR count). The first-order valence-electron chi connectivity index (χ1n) is 7.04. The van der Waals surface area contributed by atoms with Gasteiger partial charge in [0.05, 0.1) is 0 Å². The second kappa shape index (κ2) is 8.49. The van der Waals surface area contributed by atoms with E-state index in [1.165, 1.54) is 12.0 Å². The van der Waals surface area contributed by atoms with Crippen LogP contribution in [0, 0.1) is 0 Å². The highest BCUT2D eigenvalue weighted by atomic mass is 79.9. The van der Waals surface area contributed by atoms with E-state index >= 15 is 0 Å². The number of rotatable bonds is 8. The Kier molecular flexibility index (Phi) is 6.63. The van der Waals surface area contributed by atoms with Crippen LogP contribution in [0.25, 0.3) is 0 Å². The predicted octanol–water partition coefficient (Wildman–Crippen LogP) is 3.82. The lowest BCUT2D eigenvalue weighted by Crippen LogP contribution is -2.16. The third kappa shape index (κ3) is 5.31. The minimum atomic E-state index is 0.874. The van der Waals surface area contributed by atoms with Gasteiger partial charge < -0.3 is 5.32 Å². The van der Waals surface area contributed by atoms with Crippen molar-refractivity contribution in [3.05, 3.63) is 44.3 Å². The van der Waals surface area contributed by atoms with Crippen molar-refractivity contribution >= 4 is 27.3 Å². The number of benzene rings is 1. The molecule has 108 valence electrons. The molecule has 0 atom stereocenters. The normalized spacial score (nSPS) is 10.9. The number of halogens is 1. The van der Waals surface area contributed by atoms with Crippen molar-refractivity contribution in [1.82, 2.24) is 15.5 Å². The Bertz CT molecular complexity index is 510. The number of aromatic nitrogens is 2. The van der Waals surface area contributed by atoms with Crippen LogP contribution >= 0.6 is 27.3 Å². The van der Waals surface area contributed by atoms with E-state index in [4.69, 9.17) is 0 Å². The molecule has 0 saturated heterocycles. The largest absolute Gasteiger partial charge is 0.317 e. The fraction of sp³-hybridized carbons (Fsp3) is 0.467. The van der Waals surface area contributed by atoms with E-state index in [0.717, 1.165) is 46.8 Å². The van der Waals surface area contributed by atoms with Crippen molar-refractivity contribution in [2.45, 2.75) is 32.6 Å². The van der Waals surface area contributed by atoms with Gasteiger partial charge in [-0.25, -0.2) is 0 Å². The molecule has 1 aromatic carbocycles. The Morgan fingerprint density at radius 2 is 1.85 bits per heavy atom. The van der Waals surface area contributed by atoms with Crippen LogP contribution in [0.15, 0.2) is 28.7 Å². The highest BCUT2D eigenvalue weighted by Crippen LogP contribution is 2.17. The van der Waals surface area contributed by atoms with Crippen LogP contribution in [0.5, 0.6) is 0 Å². The summed E-state index contributed by atoms with van der Waals surface area (Å²) in [5.74, 6) is 0. The molecule has 0 radical (unpaired) electrons. The van der Waals surface area contributed by atoms with Gasteiger partial charge in [-0.1, -0.05) is 35.0 Å². The van der Waals surface area contributed by atoms with E-state index in [1.807, 2.05) is 0 Å². The lowest BCUT2D eigenvalue weighted by atomic mass is 10.2. The molecule has 1 heterocycles. The summed E-state index contributed by atoms with van der Waals surface area (Å²) in [6, 6.07) is 8.38. The van der Waals surface area contributed by atoms with Gasteiger partial charge in [0.2, 0.25) is 0 Å². The van der Waals surface area contributed by atoms with Crippen LogP contribution in [0.4, 0.5) is 0 Å². The average molecular weight is 354 g/mol. The minimum absolute atomic E-state index is 0.874. The van der Waals surface area contributed by atoms with Crippen molar-refractivity contribution in [3.8, 4) is 0 Å². The first-order chi connectivity index (χ1) is 9.78. The number of hydrogen-bond acceptors (Lipinski definition) is 4. The van der Waals surface area contributed by atoms with E-state index < -0.39 is 0 Å². The molecule has 0 aliphatic heterocycles. The smallest absolute Gasteiger partial charge is 0.121 e. The van der Waals surface area contributed by atoms with Crippen molar-refractivity contribution < 1.29 is 0 Å². The van der Waals surface area contributed by atoms with Crippen molar-refractivity contribution in [1.29, 1.82) is 0 Å². The van der Waals surface area contributed by atoms with E-state index in [1.54, 1.807) is 11.3 Å². The third-order valence-corrected chi connectivity index (χ3v) is 4.46. The van der Waals surface area contributed by atoms with Gasteiger partial charge in [-0.2, -0.15) is 0 Å². The first-order valence-corrected chi connectivity index (χ1v) is 8.65. The zero-order valence-electron chi connectivity index (χ0n) is 11.7. The maximum Gasteiger partial charge on any atom is 0.121 e. The molecular weight excluding hydrogens is 334 g/mol. The Morgan fingerprint density at radius 3 is 2.60 bits per heavy atom. The highest BCUT2D eigenvalue weighted by molar-refractivity contribution is 9.10. The van der Waals surface area contributed by atoms with Crippen LogP contribution in [0.2, 0.25) is 0 Å². The minimum Gasteiger partial charge on any atom is -0.317 e. The fourth-order valence-electron chi connectivity index (χ4n) is 1.90. The van der Waals surface area contributed by atoms with Crippen molar-refractivity contribution in [3.63, 3.8) is 0 Å². The summed E-state index contributed by atoms with van der Waals surface area (Å²) in [4.78, 5) is 0. The molecule has 3 nitrogen and oxygen atoms in total. The van der Waals surface area contributed by atoms with E-state index in [-0.39, 0.29) is 0 Å². The third-order valence-electron chi connectivity index (χ3n) is 2.95. The maximum absolute atomic E-state index is 4.29. The van der Waals surface area contributed by atoms with Gasteiger partial charge in [0, 0.05) is 17.3 Å². The molecule has 5 heteroatoms. The molecular formula is C15H20BrN3S. The molecule has 0 amide bonds. The van der Waals surface area contributed by atoms with Gasteiger partial charge >= 0.3 is 0 Å². The van der Waals surface area contributed by atoms with Crippen LogP contribution in [0.3, 0.4) is 0 Å². The van der Waals surface area contributed by atoms with Gasteiger partial charge in [0.25, 0.3) is 0 Å². The van der Waals surface area contributed by atoms with Crippen LogP contribution in [-0.4, -0.2) is 23.3 Å². The van der Waals surface area contributed by atoms with Crippen LogP contribution in [0.1, 0.15) is 35.3 Å². The van der Waals surface area contributed by atoms with E-state index in [0.29, 0.717) is 0 Å². The van der Waals surface area contributed by atoms with Crippen molar-refractivity contribution in [2.24, 2.45) is 0 Å². The molecule has 0 fully saturated rings. The molecule has 0 bridgehead atoms. The number of hydrogen-bond donors (Lipinski definition) is 1. The summed E-state index contributed by atoms with van der Waals surface area (Å²) in [6.45, 7) is 4.35. The van der Waals surface area contributed by atoms with Crippen LogP contribution in [-0.2, 0) is 12.8 Å². The summed E-state index contributed by atoms with van der Waals surface area (Å²) < 4.78 is 1.11. The average Bonchev–Trinajstić information content (AvgIpc) is 2.89. The summed E-state index contributed by atoms with van der Waals surface area (Å²) >= 11 is 5.18. The zero-order chi connectivity index (χ0) is 14.2. The maximum atomic E-state index is 4.29. The summed E-state index contributed by atoms with van der Waals surface area (Å²) in [5, 5.41) is 14.2. The summed E-state index contributed by atoms with van der Waals surface area (Å²) in [7, 11) is 0. The molecule has 2 aromatic rings. The van der Waals surface area contributed by atoms with E-state index in [2.05, 4.69) is 62.6 Å². The molecule has 1 N–H and O–H groups in total. The molecule has 0 aliphatic carbocycles. The molecule has 20 heavy (non-hydrogen) atoms. The lowest BCUT2D eigenvalue weighted by molar-refractivity contribution is 0.637. The fourth-order valence-corrected chi connectivity index (χ4v) is 3.09. The molecule has 0 unspecified atom stereocenters. The van der Waals surface area contributed by atoms with Crippen LogP contribution < -0.4 is 5.32 Å². The standard InChI is InChI=1S/C15H20BrN3S/c1-2-9-17-10-3-4-14-18-19-15(20-14)11-12-5-7-13(16)8-6-12/h5-8,17H,2-4,9-11H2,1H3. The van der Waals surface area contributed by atoms with Gasteiger partial charge in [-0.3, -0.25) is 0 Å². The van der Waals surface area contributed by atoms with Gasteiger partial charge in [0.15, 0.2) is 0 Å². The number of nitrogens with zero attached hydrogens (tertiary/aromatic N) is 2. The number of aryl methyl sites for hydroxylation is 1. The monoisotopic (exact) mass is 353 g/mol. The topological polar surface area (TPSA) is 37.8 Å². The predicted molar refractivity (Wildman–Crippen MR) is 88.3 cm³/mol. The van der Waals surface area contributed by atoms with Gasteiger partial charge in [-0.05, 0) is 43.6 Å². The Morgan fingerprint density at radius 1 is 1.10 bits per heavy atom. The molecule has 0 aliphatic rings. The number of nitrogens with one attached hydrogen (secondary N) is 1. The first kappa shape index (κ1) is 15.6. The second-order valence-electron chi connectivity index (χ2n) is 4.75. The second-order valence-corrected chi connectivity index (χ2v) is 6.81. The zero-order valence-corrected chi connectivity index (χ0v) is 14.1. The summed E-state index contributed by atoms with van der Waals surface area (Å²) in [6.07, 6.45) is 4.22. The van der Waals surface area contributed by atoms with Gasteiger partial charge in [0.1, 0.15) is 10.0 Å². The molecule has 0 spiro atoms. The van der Waals surface area contributed by atoms with Gasteiger partial charge in [-0.15, -0.1) is 21.5 Å².